The van der Waals surface area contributed by atoms with Gasteiger partial charge >= 0.3 is 18.0 Å². The summed E-state index contributed by atoms with van der Waals surface area (Å²) in [6.07, 6.45) is -0.632. The summed E-state index contributed by atoms with van der Waals surface area (Å²) < 4.78 is 5.25. The summed E-state index contributed by atoms with van der Waals surface area (Å²) in [6.45, 7) is 4.31. The predicted molar refractivity (Wildman–Crippen MR) is 65.9 cm³/mol. The second kappa shape index (κ2) is 8.30. The van der Waals surface area contributed by atoms with Crippen LogP contribution in [0.2, 0.25) is 0 Å². The molecule has 0 heterocycles. The number of carboxylic acids is 2. The molecule has 0 radical (unpaired) electrons. The van der Waals surface area contributed by atoms with Crippen molar-refractivity contribution in [2.45, 2.75) is 32.4 Å². The summed E-state index contributed by atoms with van der Waals surface area (Å²) in [5.74, 6) is -2.68. The van der Waals surface area contributed by atoms with Crippen molar-refractivity contribution >= 4 is 18.0 Å². The molecular formula is C11H20N2O6. The molecule has 0 aromatic rings. The molecule has 2 amide bonds. The molecule has 0 saturated carbocycles. The summed E-state index contributed by atoms with van der Waals surface area (Å²) in [7, 11) is 1.47. The molecule has 110 valence electrons. The van der Waals surface area contributed by atoms with Gasteiger partial charge in [-0.1, -0.05) is 0 Å². The van der Waals surface area contributed by atoms with Crippen molar-refractivity contribution in [2.75, 3.05) is 20.2 Å². The third-order valence-corrected chi connectivity index (χ3v) is 2.20. The van der Waals surface area contributed by atoms with Crippen LogP contribution in [0.1, 0.15) is 20.3 Å². The maximum absolute atomic E-state index is 11.6. The first-order valence-electron chi connectivity index (χ1n) is 5.81. The highest BCUT2D eigenvalue weighted by Gasteiger charge is 2.24. The number of carbonyl (C=O) groups excluding carboxylic acids is 1. The Hall–Kier alpha value is -1.83. The zero-order valence-corrected chi connectivity index (χ0v) is 11.3. The number of likely N-dealkylation sites (N-methyl/N-ethyl adjacent to an activating group) is 1. The largest absolute Gasteiger partial charge is 0.481 e. The van der Waals surface area contributed by atoms with E-state index >= 15 is 0 Å². The van der Waals surface area contributed by atoms with E-state index in [1.165, 1.54) is 11.9 Å². The smallest absolute Gasteiger partial charge is 0.326 e. The van der Waals surface area contributed by atoms with Crippen LogP contribution < -0.4 is 5.32 Å². The van der Waals surface area contributed by atoms with Gasteiger partial charge in [0, 0.05) is 13.6 Å². The van der Waals surface area contributed by atoms with Crippen molar-refractivity contribution in [2.24, 2.45) is 0 Å². The lowest BCUT2D eigenvalue weighted by molar-refractivity contribution is -0.145. The molecule has 0 aromatic carbocycles. The number of rotatable bonds is 8. The van der Waals surface area contributed by atoms with Gasteiger partial charge in [-0.25, -0.2) is 9.59 Å². The molecule has 0 aliphatic carbocycles. The lowest BCUT2D eigenvalue weighted by Gasteiger charge is -2.21. The van der Waals surface area contributed by atoms with Gasteiger partial charge in [0.25, 0.3) is 0 Å². The Kier molecular flexibility index (Phi) is 7.50. The number of urea groups is 1. The minimum atomic E-state index is -1.45. The van der Waals surface area contributed by atoms with E-state index in [4.69, 9.17) is 14.9 Å². The maximum Gasteiger partial charge on any atom is 0.326 e. The van der Waals surface area contributed by atoms with Crippen LogP contribution in [0.4, 0.5) is 4.79 Å². The summed E-state index contributed by atoms with van der Waals surface area (Å²) in [5, 5.41) is 19.5. The Morgan fingerprint density at radius 2 is 1.84 bits per heavy atom. The Labute approximate surface area is 111 Å². The van der Waals surface area contributed by atoms with Gasteiger partial charge in [-0.15, -0.1) is 0 Å². The standard InChI is InChI=1S/C11H20N2O6/c1-7(2)19-5-4-13(3)11(18)12-8(10(16)17)6-9(14)15/h7-8H,4-6H2,1-3H3,(H,12,18)(H,14,15)(H,16,17). The number of ether oxygens (including phenoxy) is 1. The Morgan fingerprint density at radius 3 is 2.26 bits per heavy atom. The highest BCUT2D eigenvalue weighted by Crippen LogP contribution is 1.96. The molecule has 0 aromatic heterocycles. The Balaban J connectivity index is 4.23. The predicted octanol–water partition coefficient (Wildman–Crippen LogP) is -0.0193. The van der Waals surface area contributed by atoms with Crippen molar-refractivity contribution in [3.05, 3.63) is 0 Å². The van der Waals surface area contributed by atoms with Crippen molar-refractivity contribution < 1.29 is 29.3 Å². The molecule has 0 fully saturated rings. The second-order valence-corrected chi connectivity index (χ2v) is 4.28. The molecule has 3 N–H and O–H groups in total. The molecule has 0 bridgehead atoms. The maximum atomic E-state index is 11.6. The van der Waals surface area contributed by atoms with E-state index in [9.17, 15) is 14.4 Å². The molecule has 8 heteroatoms. The number of carboxylic acid groups (broad SMARTS) is 2. The van der Waals surface area contributed by atoms with Crippen molar-refractivity contribution in [1.82, 2.24) is 10.2 Å². The minimum Gasteiger partial charge on any atom is -0.481 e. The average molecular weight is 276 g/mol. The fraction of sp³-hybridized carbons (Fsp3) is 0.727. The summed E-state index contributed by atoms with van der Waals surface area (Å²) >= 11 is 0. The highest BCUT2D eigenvalue weighted by molar-refractivity contribution is 5.86. The highest BCUT2D eigenvalue weighted by atomic mass is 16.5. The lowest BCUT2D eigenvalue weighted by atomic mass is 10.2. The number of nitrogens with one attached hydrogen (secondary N) is 1. The van der Waals surface area contributed by atoms with Crippen LogP contribution in [0.3, 0.4) is 0 Å². The fourth-order valence-electron chi connectivity index (χ4n) is 1.16. The monoisotopic (exact) mass is 276 g/mol. The third-order valence-electron chi connectivity index (χ3n) is 2.20. The quantitative estimate of drug-likeness (QED) is 0.573. The zero-order chi connectivity index (χ0) is 15.0. The molecule has 0 spiro atoms. The van der Waals surface area contributed by atoms with Gasteiger partial charge in [0.05, 0.1) is 19.1 Å². The molecule has 19 heavy (non-hydrogen) atoms. The number of amides is 2. The molecule has 1 atom stereocenters. The van der Waals surface area contributed by atoms with Crippen LogP contribution in [0.25, 0.3) is 0 Å². The number of carbonyl (C=O) groups is 3. The number of nitrogens with zero attached hydrogens (tertiary/aromatic N) is 1. The topological polar surface area (TPSA) is 116 Å². The van der Waals surface area contributed by atoms with Crippen molar-refractivity contribution in [1.29, 1.82) is 0 Å². The van der Waals surface area contributed by atoms with Gasteiger partial charge in [-0.05, 0) is 13.8 Å². The van der Waals surface area contributed by atoms with E-state index in [1.54, 1.807) is 0 Å². The normalized spacial score (nSPS) is 12.0. The first-order valence-corrected chi connectivity index (χ1v) is 5.81. The van der Waals surface area contributed by atoms with Crippen LogP contribution in [0.5, 0.6) is 0 Å². The fourth-order valence-corrected chi connectivity index (χ4v) is 1.16. The molecule has 8 nitrogen and oxygen atoms in total. The van der Waals surface area contributed by atoms with Gasteiger partial charge in [-0.3, -0.25) is 4.79 Å². The van der Waals surface area contributed by atoms with Crippen LogP contribution >= 0.6 is 0 Å². The molecular weight excluding hydrogens is 256 g/mol. The van der Waals surface area contributed by atoms with E-state index < -0.39 is 30.4 Å². The lowest BCUT2D eigenvalue weighted by Crippen LogP contribution is -2.48. The minimum absolute atomic E-state index is 0.0373. The first kappa shape index (κ1) is 17.2. The van der Waals surface area contributed by atoms with Crippen LogP contribution in [0.15, 0.2) is 0 Å². The van der Waals surface area contributed by atoms with Gasteiger partial charge < -0.3 is 25.2 Å². The van der Waals surface area contributed by atoms with Crippen molar-refractivity contribution in [3.63, 3.8) is 0 Å². The molecule has 1 unspecified atom stereocenters. The molecule has 0 aliphatic rings. The van der Waals surface area contributed by atoms with E-state index in [0.29, 0.717) is 6.61 Å². The molecule has 0 aliphatic heterocycles. The van der Waals surface area contributed by atoms with Gasteiger partial charge in [0.2, 0.25) is 0 Å². The van der Waals surface area contributed by atoms with E-state index in [0.717, 1.165) is 0 Å². The molecule has 0 saturated heterocycles. The third kappa shape index (κ3) is 7.98. The average Bonchev–Trinajstić information content (AvgIpc) is 2.26. The number of hydrogen-bond donors (Lipinski definition) is 3. The van der Waals surface area contributed by atoms with Gasteiger partial charge in [-0.2, -0.15) is 0 Å². The van der Waals surface area contributed by atoms with Crippen molar-refractivity contribution in [3.8, 4) is 0 Å². The van der Waals surface area contributed by atoms with E-state index in [1.807, 2.05) is 13.8 Å². The van der Waals surface area contributed by atoms with E-state index in [-0.39, 0.29) is 12.6 Å². The Morgan fingerprint density at radius 1 is 1.26 bits per heavy atom. The summed E-state index contributed by atoms with van der Waals surface area (Å²) in [4.78, 5) is 34.1. The van der Waals surface area contributed by atoms with Gasteiger partial charge in [0.15, 0.2) is 0 Å². The van der Waals surface area contributed by atoms with Gasteiger partial charge in [0.1, 0.15) is 6.04 Å². The van der Waals surface area contributed by atoms with E-state index in [2.05, 4.69) is 5.32 Å². The number of hydrogen-bond acceptors (Lipinski definition) is 4. The first-order chi connectivity index (χ1) is 8.73. The second-order valence-electron chi connectivity index (χ2n) is 4.28. The summed E-state index contributed by atoms with van der Waals surface area (Å²) in [6, 6.07) is -2.10. The van der Waals surface area contributed by atoms with Crippen LogP contribution in [-0.2, 0) is 14.3 Å². The summed E-state index contributed by atoms with van der Waals surface area (Å²) in [5.41, 5.74) is 0. The Bertz CT molecular complexity index is 331. The SMILES string of the molecule is CC(C)OCCN(C)C(=O)NC(CC(=O)O)C(=O)O. The zero-order valence-electron chi connectivity index (χ0n) is 11.3. The van der Waals surface area contributed by atoms with Crippen LogP contribution in [-0.4, -0.2) is 65.4 Å². The van der Waals surface area contributed by atoms with Crippen LogP contribution in [0, 0.1) is 0 Å². The number of aliphatic carboxylic acids is 2. The molecule has 0 rings (SSSR count).